The summed E-state index contributed by atoms with van der Waals surface area (Å²) in [6.45, 7) is 4.65. The van der Waals surface area contributed by atoms with E-state index in [0.29, 0.717) is 45.0 Å². The fraction of sp³-hybridized carbons (Fsp3) is 0.562. The van der Waals surface area contributed by atoms with Crippen molar-refractivity contribution in [3.05, 3.63) is 29.8 Å². The largest absolute Gasteiger partial charge is 0.383 e. The van der Waals surface area contributed by atoms with Crippen molar-refractivity contribution in [2.24, 2.45) is 0 Å². The molecule has 0 unspecified atom stereocenters. The minimum atomic E-state index is -3.65. The van der Waals surface area contributed by atoms with E-state index in [0.717, 1.165) is 13.1 Å². The zero-order valence-corrected chi connectivity index (χ0v) is 15.2. The number of carbonyl (C=O) groups is 1. The van der Waals surface area contributed by atoms with Gasteiger partial charge in [-0.1, -0.05) is 6.07 Å². The molecule has 0 bridgehead atoms. The van der Waals surface area contributed by atoms with Crippen molar-refractivity contribution in [2.75, 3.05) is 59.7 Å². The Kier molecular flexibility index (Phi) is 7.79. The Morgan fingerprint density at radius 3 is 2.76 bits per heavy atom. The second kappa shape index (κ2) is 9.83. The molecule has 1 aliphatic heterocycles. The Hall–Kier alpha value is -1.52. The normalized spacial score (nSPS) is 15.9. The van der Waals surface area contributed by atoms with Crippen LogP contribution in [0.15, 0.2) is 29.2 Å². The third-order valence-corrected chi connectivity index (χ3v) is 5.28. The van der Waals surface area contributed by atoms with E-state index in [2.05, 4.69) is 14.9 Å². The Balaban J connectivity index is 1.91. The molecule has 0 aromatic heterocycles. The average molecular weight is 371 g/mol. The quantitative estimate of drug-likeness (QED) is 0.577. The van der Waals surface area contributed by atoms with Crippen molar-refractivity contribution in [1.82, 2.24) is 14.9 Å². The van der Waals surface area contributed by atoms with Gasteiger partial charge in [-0.2, -0.15) is 0 Å². The van der Waals surface area contributed by atoms with Gasteiger partial charge in [0.1, 0.15) is 0 Å². The van der Waals surface area contributed by atoms with Crippen LogP contribution in [0, 0.1) is 0 Å². The van der Waals surface area contributed by atoms with Gasteiger partial charge in [-0.3, -0.25) is 9.69 Å². The summed E-state index contributed by atoms with van der Waals surface area (Å²) in [7, 11) is -2.11. The summed E-state index contributed by atoms with van der Waals surface area (Å²) in [6.07, 6.45) is 0. The van der Waals surface area contributed by atoms with E-state index in [1.807, 2.05) is 0 Å². The van der Waals surface area contributed by atoms with Gasteiger partial charge in [-0.15, -0.1) is 0 Å². The lowest BCUT2D eigenvalue weighted by Crippen LogP contribution is -2.41. The molecule has 2 rings (SSSR count). The van der Waals surface area contributed by atoms with Gasteiger partial charge in [0.25, 0.3) is 5.91 Å². The lowest BCUT2D eigenvalue weighted by Gasteiger charge is -2.26. The molecule has 1 fully saturated rings. The van der Waals surface area contributed by atoms with Gasteiger partial charge in [0.15, 0.2) is 0 Å². The predicted octanol–water partition coefficient (Wildman–Crippen LogP) is -0.327. The molecule has 2 N–H and O–H groups in total. The number of sulfonamides is 1. The van der Waals surface area contributed by atoms with Crippen molar-refractivity contribution >= 4 is 15.9 Å². The molecule has 0 saturated carbocycles. The highest BCUT2D eigenvalue weighted by Gasteiger charge is 2.17. The topological polar surface area (TPSA) is 97.0 Å². The zero-order valence-electron chi connectivity index (χ0n) is 14.4. The second-order valence-electron chi connectivity index (χ2n) is 5.63. The minimum absolute atomic E-state index is 0.0777. The van der Waals surface area contributed by atoms with Crippen LogP contribution in [-0.4, -0.2) is 78.9 Å². The first kappa shape index (κ1) is 19.8. The monoisotopic (exact) mass is 371 g/mol. The number of nitrogens with zero attached hydrogens (tertiary/aromatic N) is 1. The van der Waals surface area contributed by atoms with Crippen LogP contribution < -0.4 is 10.0 Å². The maximum absolute atomic E-state index is 12.4. The van der Waals surface area contributed by atoms with E-state index in [-0.39, 0.29) is 10.8 Å². The van der Waals surface area contributed by atoms with E-state index in [1.54, 1.807) is 19.2 Å². The third-order valence-electron chi connectivity index (χ3n) is 3.82. The van der Waals surface area contributed by atoms with Crippen molar-refractivity contribution < 1.29 is 22.7 Å². The fourth-order valence-electron chi connectivity index (χ4n) is 2.42. The van der Waals surface area contributed by atoms with E-state index in [4.69, 9.17) is 9.47 Å². The van der Waals surface area contributed by atoms with Crippen molar-refractivity contribution in [3.8, 4) is 0 Å². The number of carbonyl (C=O) groups excluding carboxylic acids is 1. The highest BCUT2D eigenvalue weighted by Crippen LogP contribution is 2.11. The number of methoxy groups -OCH3 is 1. The van der Waals surface area contributed by atoms with Gasteiger partial charge in [0, 0.05) is 45.4 Å². The summed E-state index contributed by atoms with van der Waals surface area (Å²) >= 11 is 0. The lowest BCUT2D eigenvalue weighted by molar-refractivity contribution is 0.0390. The molecule has 1 amide bonds. The van der Waals surface area contributed by atoms with Crippen LogP contribution in [0.3, 0.4) is 0 Å². The van der Waals surface area contributed by atoms with E-state index in [1.165, 1.54) is 12.1 Å². The van der Waals surface area contributed by atoms with Crippen LogP contribution in [0.25, 0.3) is 0 Å². The van der Waals surface area contributed by atoms with Crippen molar-refractivity contribution in [1.29, 1.82) is 0 Å². The molecule has 1 aliphatic rings. The molecule has 1 aromatic rings. The fourth-order valence-corrected chi connectivity index (χ4v) is 3.49. The molecule has 1 saturated heterocycles. The molecule has 0 radical (unpaired) electrons. The zero-order chi connectivity index (χ0) is 18.1. The van der Waals surface area contributed by atoms with E-state index in [9.17, 15) is 13.2 Å². The Morgan fingerprint density at radius 1 is 1.28 bits per heavy atom. The first-order valence-corrected chi connectivity index (χ1v) is 9.68. The molecule has 0 atom stereocenters. The summed E-state index contributed by atoms with van der Waals surface area (Å²) in [5.41, 5.74) is 0.298. The van der Waals surface area contributed by atoms with Crippen LogP contribution in [-0.2, 0) is 19.5 Å². The van der Waals surface area contributed by atoms with E-state index < -0.39 is 10.0 Å². The molecular weight excluding hydrogens is 346 g/mol. The van der Waals surface area contributed by atoms with Gasteiger partial charge < -0.3 is 14.8 Å². The van der Waals surface area contributed by atoms with Crippen LogP contribution in [0.2, 0.25) is 0 Å². The second-order valence-corrected chi connectivity index (χ2v) is 7.40. The lowest BCUT2D eigenvalue weighted by atomic mass is 10.2. The number of nitrogens with one attached hydrogen (secondary N) is 2. The first-order chi connectivity index (χ1) is 12.0. The smallest absolute Gasteiger partial charge is 0.251 e. The molecule has 8 nitrogen and oxygen atoms in total. The Morgan fingerprint density at radius 2 is 2.04 bits per heavy atom. The Bertz CT molecular complexity index is 659. The number of benzene rings is 1. The summed E-state index contributed by atoms with van der Waals surface area (Å²) in [5, 5.41) is 2.67. The molecule has 25 heavy (non-hydrogen) atoms. The molecule has 0 spiro atoms. The maximum Gasteiger partial charge on any atom is 0.251 e. The standard InChI is InChI=1S/C16H25N3O5S/c1-23-10-6-17-16(20)14-3-2-4-15(13-14)25(21,22)18-5-7-19-8-11-24-12-9-19/h2-4,13,18H,5-12H2,1H3,(H,17,20). The summed E-state index contributed by atoms with van der Waals surface area (Å²) in [5.74, 6) is -0.331. The molecular formula is C16H25N3O5S. The van der Waals surface area contributed by atoms with Crippen LogP contribution in [0.4, 0.5) is 0 Å². The van der Waals surface area contributed by atoms with Gasteiger partial charge in [-0.25, -0.2) is 13.1 Å². The molecule has 0 aliphatic carbocycles. The number of morpholine rings is 1. The third kappa shape index (κ3) is 6.37. The number of rotatable bonds is 9. The molecule has 1 aromatic carbocycles. The predicted molar refractivity (Wildman–Crippen MR) is 93.1 cm³/mol. The number of hydrogen-bond acceptors (Lipinski definition) is 6. The average Bonchev–Trinajstić information content (AvgIpc) is 2.63. The van der Waals surface area contributed by atoms with Crippen LogP contribution in [0.1, 0.15) is 10.4 Å². The number of ether oxygens (including phenoxy) is 2. The van der Waals surface area contributed by atoms with Gasteiger partial charge in [0.2, 0.25) is 10.0 Å². The SMILES string of the molecule is COCCNC(=O)c1cccc(S(=O)(=O)NCCN2CCOCC2)c1. The highest BCUT2D eigenvalue weighted by atomic mass is 32.2. The van der Waals surface area contributed by atoms with Crippen molar-refractivity contribution in [2.45, 2.75) is 4.90 Å². The minimum Gasteiger partial charge on any atom is -0.383 e. The number of hydrogen-bond donors (Lipinski definition) is 2. The van der Waals surface area contributed by atoms with Gasteiger partial charge in [-0.05, 0) is 18.2 Å². The maximum atomic E-state index is 12.4. The van der Waals surface area contributed by atoms with Gasteiger partial charge in [0.05, 0.1) is 24.7 Å². The van der Waals surface area contributed by atoms with Crippen LogP contribution >= 0.6 is 0 Å². The molecule has 1 heterocycles. The molecule has 140 valence electrons. The number of amides is 1. The summed E-state index contributed by atoms with van der Waals surface area (Å²) in [6, 6.07) is 5.98. The van der Waals surface area contributed by atoms with Gasteiger partial charge >= 0.3 is 0 Å². The van der Waals surface area contributed by atoms with E-state index >= 15 is 0 Å². The molecule has 9 heteroatoms. The summed E-state index contributed by atoms with van der Waals surface area (Å²) in [4.78, 5) is 14.2. The first-order valence-electron chi connectivity index (χ1n) is 8.20. The summed E-state index contributed by atoms with van der Waals surface area (Å²) < 4.78 is 37.5. The van der Waals surface area contributed by atoms with Crippen molar-refractivity contribution in [3.63, 3.8) is 0 Å². The highest BCUT2D eigenvalue weighted by molar-refractivity contribution is 7.89. The van der Waals surface area contributed by atoms with Crippen LogP contribution in [0.5, 0.6) is 0 Å². The Labute approximate surface area is 148 Å².